The van der Waals surface area contributed by atoms with Gasteiger partial charge in [0.05, 0.1) is 0 Å². The Kier molecular flexibility index (Phi) is 51.4. The second-order valence-electron chi connectivity index (χ2n) is 18.1. The Morgan fingerprint density at radius 2 is 0.591 bits per heavy atom. The smallest absolute Gasteiger partial charge is 0.306 e. The molecular weight excluding hydrogens is 817 g/mol. The Balaban J connectivity index is 4.52. The van der Waals surface area contributed by atoms with Crippen molar-refractivity contribution in [2.24, 2.45) is 0 Å². The summed E-state index contributed by atoms with van der Waals surface area (Å²) in [6.45, 7) is 6.50. The summed E-state index contributed by atoms with van der Waals surface area (Å²) in [5, 5.41) is 0. The third-order valence-electron chi connectivity index (χ3n) is 11.6. The summed E-state index contributed by atoms with van der Waals surface area (Å²) in [4.78, 5) is 38.0. The van der Waals surface area contributed by atoms with E-state index in [2.05, 4.69) is 99.8 Å². The molecule has 1 unspecified atom stereocenters. The molecule has 0 bridgehead atoms. The molecule has 1 atom stereocenters. The first-order chi connectivity index (χ1) is 32.5. The van der Waals surface area contributed by atoms with Gasteiger partial charge in [0, 0.05) is 19.3 Å². The molecule has 0 aromatic carbocycles. The minimum atomic E-state index is -0.831. The monoisotopic (exact) mass is 919 g/mol. The van der Waals surface area contributed by atoms with Crippen LogP contribution >= 0.6 is 0 Å². The predicted molar refractivity (Wildman–Crippen MR) is 284 cm³/mol. The number of unbranched alkanes of at least 4 members (excludes halogenated alkanes) is 24. The van der Waals surface area contributed by atoms with Crippen molar-refractivity contribution >= 4 is 17.9 Å². The van der Waals surface area contributed by atoms with Gasteiger partial charge in [-0.3, -0.25) is 14.4 Å². The minimum absolute atomic E-state index is 0.120. The van der Waals surface area contributed by atoms with Crippen LogP contribution in [0.5, 0.6) is 0 Å². The normalized spacial score (nSPS) is 12.7. The fourth-order valence-corrected chi connectivity index (χ4v) is 7.42. The number of ether oxygens (including phenoxy) is 3. The Bertz CT molecular complexity index is 1290. The van der Waals surface area contributed by atoms with E-state index in [4.69, 9.17) is 14.2 Å². The Labute approximate surface area is 407 Å². The Morgan fingerprint density at radius 3 is 1.03 bits per heavy atom. The third-order valence-corrected chi connectivity index (χ3v) is 11.6. The number of hydrogen-bond donors (Lipinski definition) is 0. The van der Waals surface area contributed by atoms with E-state index in [0.29, 0.717) is 19.3 Å². The van der Waals surface area contributed by atoms with Crippen LogP contribution in [0.4, 0.5) is 0 Å². The molecule has 0 aliphatic heterocycles. The molecule has 0 amide bonds. The molecule has 0 spiro atoms. The molecule has 0 aliphatic carbocycles. The summed E-state index contributed by atoms with van der Waals surface area (Å²) < 4.78 is 16.7. The molecule has 0 saturated heterocycles. The lowest BCUT2D eigenvalue weighted by atomic mass is 10.1. The lowest BCUT2D eigenvalue weighted by molar-refractivity contribution is -0.166. The van der Waals surface area contributed by atoms with Crippen LogP contribution in [0.1, 0.15) is 258 Å². The van der Waals surface area contributed by atoms with Crippen molar-refractivity contribution in [2.45, 2.75) is 264 Å². The van der Waals surface area contributed by atoms with Crippen molar-refractivity contribution in [3.05, 3.63) is 85.1 Å². The van der Waals surface area contributed by atoms with Crippen LogP contribution < -0.4 is 0 Å². The molecule has 0 aliphatic rings. The van der Waals surface area contributed by atoms with Crippen LogP contribution in [-0.4, -0.2) is 37.2 Å². The van der Waals surface area contributed by atoms with Crippen molar-refractivity contribution in [1.29, 1.82) is 0 Å². The van der Waals surface area contributed by atoms with Crippen LogP contribution in [0.25, 0.3) is 0 Å². The zero-order valence-electron chi connectivity index (χ0n) is 43.2. The van der Waals surface area contributed by atoms with Gasteiger partial charge >= 0.3 is 17.9 Å². The zero-order chi connectivity index (χ0) is 47.9. The molecule has 378 valence electrons. The van der Waals surface area contributed by atoms with Gasteiger partial charge in [-0.1, -0.05) is 221 Å². The van der Waals surface area contributed by atoms with E-state index in [1.807, 2.05) is 6.08 Å². The maximum atomic E-state index is 12.8. The van der Waals surface area contributed by atoms with Crippen molar-refractivity contribution < 1.29 is 28.6 Å². The number of carbonyl (C=O) groups is 3. The van der Waals surface area contributed by atoms with Gasteiger partial charge in [0.1, 0.15) is 13.2 Å². The van der Waals surface area contributed by atoms with Crippen molar-refractivity contribution in [3.63, 3.8) is 0 Å². The van der Waals surface area contributed by atoms with E-state index in [0.717, 1.165) is 70.6 Å². The summed E-state index contributed by atoms with van der Waals surface area (Å²) in [5.41, 5.74) is 0. The fraction of sp³-hybridized carbons (Fsp3) is 0.717. The summed E-state index contributed by atoms with van der Waals surface area (Å²) in [6, 6.07) is 0. The van der Waals surface area contributed by atoms with E-state index in [1.165, 1.54) is 135 Å². The van der Waals surface area contributed by atoms with E-state index >= 15 is 0 Å². The standard InChI is InChI=1S/C60H102O6/c1-4-7-10-13-16-19-22-25-27-29-31-32-35-38-41-44-47-50-53-59(62)65-56-57(55-64-58(61)52-49-46-43-40-37-34-24-21-18-15-12-9-6-3)66-60(63)54-51-48-45-42-39-36-33-30-28-26-23-20-17-14-11-8-5-2/h17,20,26,28,31-34,36-37,42-43,45-46,57H,4-16,18-19,21-25,27,29-30,35,38-41,44,47-56H2,1-3H3/b20-17+,28-26+,32-31+,36-33+,37-34+,45-42+,46-43+. The largest absolute Gasteiger partial charge is 0.462 e. The minimum Gasteiger partial charge on any atom is -0.462 e. The van der Waals surface area contributed by atoms with Crippen molar-refractivity contribution in [2.75, 3.05) is 13.2 Å². The SMILES string of the molecule is CCCCC/C=C/C/C=C/C/C=C/C/C=C/CCCC(=O)OC(COC(=O)CC/C=C/C/C=C/CCCCCCCC)COC(=O)CCCCCCC/C=C/CCCCCCCCCCC. The van der Waals surface area contributed by atoms with Crippen LogP contribution in [-0.2, 0) is 28.6 Å². The highest BCUT2D eigenvalue weighted by Crippen LogP contribution is 2.13. The van der Waals surface area contributed by atoms with E-state index in [9.17, 15) is 14.4 Å². The summed E-state index contributed by atoms with van der Waals surface area (Å²) in [7, 11) is 0. The zero-order valence-corrected chi connectivity index (χ0v) is 43.2. The van der Waals surface area contributed by atoms with E-state index < -0.39 is 6.10 Å². The van der Waals surface area contributed by atoms with Crippen LogP contribution in [0.15, 0.2) is 85.1 Å². The van der Waals surface area contributed by atoms with Gasteiger partial charge in [-0.15, -0.1) is 0 Å². The first-order valence-electron chi connectivity index (χ1n) is 27.6. The van der Waals surface area contributed by atoms with Crippen LogP contribution in [0, 0.1) is 0 Å². The predicted octanol–water partition coefficient (Wildman–Crippen LogP) is 18.4. The molecule has 0 radical (unpaired) electrons. The quantitative estimate of drug-likeness (QED) is 0.0262. The summed E-state index contributed by atoms with van der Waals surface area (Å²) in [5.74, 6) is -1.05. The molecule has 0 N–H and O–H groups in total. The molecule has 6 heteroatoms. The number of hydrogen-bond acceptors (Lipinski definition) is 6. The number of rotatable bonds is 49. The van der Waals surface area contributed by atoms with E-state index in [-0.39, 0.29) is 44.0 Å². The van der Waals surface area contributed by atoms with Gasteiger partial charge in [-0.25, -0.2) is 0 Å². The lowest BCUT2D eigenvalue weighted by Gasteiger charge is -2.18. The Morgan fingerprint density at radius 1 is 0.303 bits per heavy atom. The van der Waals surface area contributed by atoms with Crippen molar-refractivity contribution in [3.8, 4) is 0 Å². The highest BCUT2D eigenvalue weighted by molar-refractivity contribution is 5.71. The molecular formula is C60H102O6. The van der Waals surface area contributed by atoms with Gasteiger partial charge in [0.15, 0.2) is 6.10 Å². The van der Waals surface area contributed by atoms with Gasteiger partial charge in [0.2, 0.25) is 0 Å². The molecule has 6 nitrogen and oxygen atoms in total. The number of carbonyl (C=O) groups excluding carboxylic acids is 3. The second-order valence-corrected chi connectivity index (χ2v) is 18.1. The topological polar surface area (TPSA) is 78.9 Å². The van der Waals surface area contributed by atoms with E-state index in [1.54, 1.807) is 0 Å². The first-order valence-corrected chi connectivity index (χ1v) is 27.6. The van der Waals surface area contributed by atoms with Crippen LogP contribution in [0.2, 0.25) is 0 Å². The second kappa shape index (κ2) is 54.2. The molecule has 0 rings (SSSR count). The summed E-state index contributed by atoms with van der Waals surface area (Å²) in [6.07, 6.45) is 70.2. The highest BCUT2D eigenvalue weighted by Gasteiger charge is 2.19. The molecule has 0 aromatic heterocycles. The average Bonchev–Trinajstić information content (AvgIpc) is 3.31. The summed E-state index contributed by atoms with van der Waals surface area (Å²) >= 11 is 0. The third kappa shape index (κ3) is 51.6. The maximum Gasteiger partial charge on any atom is 0.306 e. The highest BCUT2D eigenvalue weighted by atomic mass is 16.6. The number of allylic oxidation sites excluding steroid dienone is 14. The number of esters is 3. The van der Waals surface area contributed by atoms with Gasteiger partial charge in [0.25, 0.3) is 0 Å². The van der Waals surface area contributed by atoms with Gasteiger partial charge < -0.3 is 14.2 Å². The average molecular weight is 919 g/mol. The molecule has 0 fully saturated rings. The molecule has 0 heterocycles. The maximum absolute atomic E-state index is 12.8. The van der Waals surface area contributed by atoms with Gasteiger partial charge in [-0.2, -0.15) is 0 Å². The first kappa shape index (κ1) is 62.6. The Hall–Kier alpha value is -3.41. The van der Waals surface area contributed by atoms with Crippen LogP contribution in [0.3, 0.4) is 0 Å². The lowest BCUT2D eigenvalue weighted by Crippen LogP contribution is -2.30. The molecule has 66 heavy (non-hydrogen) atoms. The molecule has 0 aromatic rings. The van der Waals surface area contributed by atoms with Gasteiger partial charge in [-0.05, 0) is 103 Å². The van der Waals surface area contributed by atoms with Crippen molar-refractivity contribution in [1.82, 2.24) is 0 Å². The molecule has 0 saturated carbocycles. The fourth-order valence-electron chi connectivity index (χ4n) is 7.42.